The standard InChI is InChI=1S/C7H15N3S/c1-7(8)4-5-9(2)6(11)10(7)3/h4-6,11H,8H2,1-3H3. The van der Waals surface area contributed by atoms with Gasteiger partial charge in [0.15, 0.2) is 0 Å². The van der Waals surface area contributed by atoms with E-state index in [1.54, 1.807) is 0 Å². The summed E-state index contributed by atoms with van der Waals surface area (Å²) in [6.45, 7) is 1.96. The van der Waals surface area contributed by atoms with E-state index in [9.17, 15) is 0 Å². The van der Waals surface area contributed by atoms with Gasteiger partial charge in [0.25, 0.3) is 0 Å². The van der Waals surface area contributed by atoms with Gasteiger partial charge in [0.2, 0.25) is 0 Å². The van der Waals surface area contributed by atoms with Crippen LogP contribution in [0, 0.1) is 0 Å². The van der Waals surface area contributed by atoms with Gasteiger partial charge in [0, 0.05) is 13.2 Å². The Hall–Kier alpha value is -0.190. The van der Waals surface area contributed by atoms with Crippen LogP contribution >= 0.6 is 12.6 Å². The summed E-state index contributed by atoms with van der Waals surface area (Å²) in [4.78, 5) is 3.99. The molecule has 0 aliphatic carbocycles. The zero-order valence-electron chi connectivity index (χ0n) is 7.15. The van der Waals surface area contributed by atoms with E-state index in [1.807, 2.05) is 43.1 Å². The van der Waals surface area contributed by atoms with E-state index in [4.69, 9.17) is 5.73 Å². The fourth-order valence-electron chi connectivity index (χ4n) is 0.985. The Morgan fingerprint density at radius 2 is 2.09 bits per heavy atom. The van der Waals surface area contributed by atoms with E-state index in [-0.39, 0.29) is 11.2 Å². The van der Waals surface area contributed by atoms with Crippen LogP contribution in [-0.2, 0) is 0 Å². The van der Waals surface area contributed by atoms with Crippen molar-refractivity contribution in [3.05, 3.63) is 12.3 Å². The van der Waals surface area contributed by atoms with Gasteiger partial charge < -0.3 is 10.6 Å². The van der Waals surface area contributed by atoms with Crippen molar-refractivity contribution in [1.29, 1.82) is 0 Å². The molecule has 1 aliphatic rings. The Bertz CT molecular complexity index is 179. The van der Waals surface area contributed by atoms with E-state index < -0.39 is 0 Å². The second-order valence-corrected chi connectivity index (χ2v) is 3.63. The molecule has 1 aliphatic heterocycles. The third-order valence-electron chi connectivity index (χ3n) is 2.12. The molecule has 4 heteroatoms. The molecule has 64 valence electrons. The molecule has 0 bridgehead atoms. The van der Waals surface area contributed by atoms with Crippen molar-refractivity contribution in [2.24, 2.45) is 5.73 Å². The molecule has 0 fully saturated rings. The molecule has 0 aromatic rings. The Balaban J connectivity index is 2.85. The normalized spacial score (nSPS) is 39.7. The zero-order chi connectivity index (χ0) is 8.65. The van der Waals surface area contributed by atoms with Crippen molar-refractivity contribution in [1.82, 2.24) is 9.80 Å². The molecule has 2 atom stereocenters. The molecule has 0 aromatic carbocycles. The number of likely N-dealkylation sites (N-methyl/N-ethyl adjacent to an activating group) is 1. The van der Waals surface area contributed by atoms with E-state index in [0.717, 1.165) is 0 Å². The topological polar surface area (TPSA) is 32.5 Å². The van der Waals surface area contributed by atoms with Crippen LogP contribution in [0.3, 0.4) is 0 Å². The maximum Gasteiger partial charge on any atom is 0.128 e. The highest BCUT2D eigenvalue weighted by Gasteiger charge is 2.30. The highest BCUT2D eigenvalue weighted by molar-refractivity contribution is 7.80. The number of nitrogens with two attached hydrogens (primary N) is 1. The number of rotatable bonds is 0. The van der Waals surface area contributed by atoms with Gasteiger partial charge in [-0.1, -0.05) is 0 Å². The van der Waals surface area contributed by atoms with Gasteiger partial charge in [-0.2, -0.15) is 0 Å². The highest BCUT2D eigenvalue weighted by Crippen LogP contribution is 2.21. The molecule has 0 saturated carbocycles. The first-order chi connectivity index (χ1) is 4.95. The van der Waals surface area contributed by atoms with Crippen LogP contribution in [-0.4, -0.2) is 35.1 Å². The van der Waals surface area contributed by atoms with Crippen LogP contribution in [0.15, 0.2) is 12.3 Å². The molecule has 0 amide bonds. The van der Waals surface area contributed by atoms with Crippen molar-refractivity contribution < 1.29 is 0 Å². The van der Waals surface area contributed by atoms with Gasteiger partial charge in [0.1, 0.15) is 5.50 Å². The lowest BCUT2D eigenvalue weighted by molar-refractivity contribution is 0.0904. The van der Waals surface area contributed by atoms with Crippen LogP contribution in [0.5, 0.6) is 0 Å². The molecule has 0 aromatic heterocycles. The van der Waals surface area contributed by atoms with Gasteiger partial charge >= 0.3 is 0 Å². The largest absolute Gasteiger partial charge is 0.357 e. The lowest BCUT2D eigenvalue weighted by Gasteiger charge is -2.44. The number of nitrogens with zero attached hydrogens (tertiary/aromatic N) is 2. The quantitative estimate of drug-likeness (QED) is 0.516. The third-order valence-corrected chi connectivity index (χ3v) is 2.83. The Kier molecular flexibility index (Phi) is 2.18. The summed E-state index contributed by atoms with van der Waals surface area (Å²) < 4.78 is 0. The summed E-state index contributed by atoms with van der Waals surface area (Å²) in [7, 11) is 3.93. The highest BCUT2D eigenvalue weighted by atomic mass is 32.1. The molecule has 0 saturated heterocycles. The number of hydrogen-bond donors (Lipinski definition) is 2. The summed E-state index contributed by atoms with van der Waals surface area (Å²) in [6.07, 6.45) is 3.91. The maximum atomic E-state index is 5.94. The van der Waals surface area contributed by atoms with E-state index in [2.05, 4.69) is 12.6 Å². The van der Waals surface area contributed by atoms with Crippen LogP contribution in [0.4, 0.5) is 0 Å². The van der Waals surface area contributed by atoms with Crippen molar-refractivity contribution in [2.45, 2.75) is 18.1 Å². The summed E-state index contributed by atoms with van der Waals surface area (Å²) in [5, 5.41) is 0. The minimum atomic E-state index is -0.376. The maximum absolute atomic E-state index is 5.94. The first-order valence-corrected chi connectivity index (χ1v) is 4.08. The molecular formula is C7H15N3S. The fraction of sp³-hybridized carbons (Fsp3) is 0.714. The van der Waals surface area contributed by atoms with Crippen molar-refractivity contribution in [3.63, 3.8) is 0 Å². The van der Waals surface area contributed by atoms with Gasteiger partial charge in [-0.05, 0) is 20.0 Å². The van der Waals surface area contributed by atoms with Crippen LogP contribution < -0.4 is 5.73 Å². The van der Waals surface area contributed by atoms with Gasteiger partial charge in [-0.15, -0.1) is 12.6 Å². The van der Waals surface area contributed by atoms with Crippen LogP contribution in [0.2, 0.25) is 0 Å². The smallest absolute Gasteiger partial charge is 0.128 e. The molecule has 2 N–H and O–H groups in total. The first-order valence-electron chi connectivity index (χ1n) is 3.56. The zero-order valence-corrected chi connectivity index (χ0v) is 8.05. The van der Waals surface area contributed by atoms with E-state index >= 15 is 0 Å². The molecule has 0 radical (unpaired) electrons. The van der Waals surface area contributed by atoms with Gasteiger partial charge in [-0.3, -0.25) is 4.90 Å². The van der Waals surface area contributed by atoms with Crippen molar-refractivity contribution in [3.8, 4) is 0 Å². The molecule has 2 unspecified atom stereocenters. The number of thiol groups is 1. The summed E-state index contributed by atoms with van der Waals surface area (Å²) in [6, 6.07) is 0. The predicted octanol–water partition coefficient (Wildman–Crippen LogP) is 0.266. The Morgan fingerprint density at radius 1 is 1.55 bits per heavy atom. The van der Waals surface area contributed by atoms with Crippen molar-refractivity contribution >= 4 is 12.6 Å². The average molecular weight is 173 g/mol. The molecular weight excluding hydrogens is 158 g/mol. The third kappa shape index (κ3) is 1.52. The fourth-order valence-corrected chi connectivity index (χ4v) is 1.31. The van der Waals surface area contributed by atoms with E-state index in [0.29, 0.717) is 0 Å². The monoisotopic (exact) mass is 173 g/mol. The SMILES string of the molecule is CN1C=CC(C)(N)N(C)C1S. The second kappa shape index (κ2) is 2.69. The van der Waals surface area contributed by atoms with E-state index in [1.165, 1.54) is 0 Å². The molecule has 3 nitrogen and oxygen atoms in total. The second-order valence-electron chi connectivity index (χ2n) is 3.16. The lowest BCUT2D eigenvalue weighted by Crippen LogP contribution is -2.59. The minimum absolute atomic E-state index is 0.0648. The molecule has 11 heavy (non-hydrogen) atoms. The molecule has 1 rings (SSSR count). The van der Waals surface area contributed by atoms with Gasteiger partial charge in [0.05, 0.1) is 5.66 Å². The minimum Gasteiger partial charge on any atom is -0.357 e. The van der Waals surface area contributed by atoms with Crippen LogP contribution in [0.1, 0.15) is 6.92 Å². The molecule has 0 spiro atoms. The van der Waals surface area contributed by atoms with Crippen molar-refractivity contribution in [2.75, 3.05) is 14.1 Å². The summed E-state index contributed by atoms with van der Waals surface area (Å²) >= 11 is 4.39. The lowest BCUT2D eigenvalue weighted by atomic mass is 10.1. The summed E-state index contributed by atoms with van der Waals surface area (Å²) in [5.41, 5.74) is 5.63. The van der Waals surface area contributed by atoms with Gasteiger partial charge in [-0.25, -0.2) is 0 Å². The first kappa shape index (κ1) is 8.90. The van der Waals surface area contributed by atoms with Crippen LogP contribution in [0.25, 0.3) is 0 Å². The molecule has 1 heterocycles. The Labute approximate surface area is 73.2 Å². The summed E-state index contributed by atoms with van der Waals surface area (Å²) in [5.74, 6) is 0. The predicted molar refractivity (Wildman–Crippen MR) is 50.0 cm³/mol. The number of hydrogen-bond acceptors (Lipinski definition) is 4. The Morgan fingerprint density at radius 3 is 2.55 bits per heavy atom. The average Bonchev–Trinajstić information content (AvgIpc) is 1.95.